The van der Waals surface area contributed by atoms with E-state index >= 15 is 0 Å². The van der Waals surface area contributed by atoms with Crippen molar-refractivity contribution in [1.29, 1.82) is 0 Å². The zero-order valence-electron chi connectivity index (χ0n) is 16.1. The Bertz CT molecular complexity index is 1120. The quantitative estimate of drug-likeness (QED) is 0.468. The number of likely N-dealkylation sites (tertiary alicyclic amines) is 1. The van der Waals surface area contributed by atoms with Crippen LogP contribution < -0.4 is 4.74 Å². The van der Waals surface area contributed by atoms with Crippen LogP contribution in [0.2, 0.25) is 0 Å². The number of carbonyl (C=O) groups excluding carboxylic acids is 1. The van der Waals surface area contributed by atoms with Crippen molar-refractivity contribution in [3.05, 3.63) is 77.0 Å². The molecule has 1 aliphatic heterocycles. The van der Waals surface area contributed by atoms with Gasteiger partial charge in [-0.05, 0) is 46.7 Å². The summed E-state index contributed by atoms with van der Waals surface area (Å²) < 4.78 is 11.4. The molecule has 5 rings (SSSR count). The summed E-state index contributed by atoms with van der Waals surface area (Å²) in [5, 5.41) is 8.06. The molecule has 0 spiro atoms. The van der Waals surface area contributed by atoms with Crippen LogP contribution in [0.5, 0.6) is 5.75 Å². The number of thiophene rings is 1. The lowest BCUT2D eigenvalue weighted by Crippen LogP contribution is -2.56. The number of benzene rings is 2. The topological polar surface area (TPSA) is 68.5 Å². The fourth-order valence-corrected chi connectivity index (χ4v) is 3.98. The van der Waals surface area contributed by atoms with Gasteiger partial charge in [-0.15, -0.1) is 0 Å². The zero-order chi connectivity index (χ0) is 20.3. The summed E-state index contributed by atoms with van der Waals surface area (Å²) in [6.07, 6.45) is 0.482. The van der Waals surface area contributed by atoms with Crippen LogP contribution in [0.3, 0.4) is 0 Å². The lowest BCUT2D eigenvalue weighted by atomic mass is 10.1. The first kappa shape index (κ1) is 18.6. The van der Waals surface area contributed by atoms with E-state index in [1.54, 1.807) is 11.3 Å². The molecule has 0 radical (unpaired) electrons. The van der Waals surface area contributed by atoms with Crippen LogP contribution >= 0.6 is 11.3 Å². The van der Waals surface area contributed by atoms with Gasteiger partial charge in [0.2, 0.25) is 11.7 Å². The molecule has 30 heavy (non-hydrogen) atoms. The molecule has 2 aromatic heterocycles. The van der Waals surface area contributed by atoms with Crippen molar-refractivity contribution >= 4 is 17.2 Å². The smallest absolute Gasteiger partial charge is 0.258 e. The van der Waals surface area contributed by atoms with E-state index in [0.29, 0.717) is 31.2 Å². The van der Waals surface area contributed by atoms with Gasteiger partial charge in [0.1, 0.15) is 11.9 Å². The van der Waals surface area contributed by atoms with E-state index < -0.39 is 0 Å². The molecule has 150 valence electrons. The minimum absolute atomic E-state index is 0.0235. The van der Waals surface area contributed by atoms with Gasteiger partial charge in [0.25, 0.3) is 5.89 Å². The number of nitrogens with zero attached hydrogens (tertiary/aromatic N) is 3. The number of hydrogen-bond donors (Lipinski definition) is 0. The monoisotopic (exact) mass is 417 g/mol. The van der Waals surface area contributed by atoms with E-state index in [1.807, 2.05) is 76.3 Å². The third kappa shape index (κ3) is 3.97. The standard InChI is InChI=1S/C23H19N3O3S/c27-21(12-16-10-11-30-15-16)26-13-20(14-26)28-19-8-6-18(7-9-19)23-24-22(25-29-23)17-4-2-1-3-5-17/h1-11,15,20H,12-14H2. The first-order chi connectivity index (χ1) is 14.7. The van der Waals surface area contributed by atoms with E-state index in [0.717, 1.165) is 22.4 Å². The Kier molecular flexibility index (Phi) is 5.03. The van der Waals surface area contributed by atoms with Crippen LogP contribution in [-0.2, 0) is 11.2 Å². The predicted octanol–water partition coefficient (Wildman–Crippen LogP) is 4.30. The third-order valence-corrected chi connectivity index (χ3v) is 5.73. The Morgan fingerprint density at radius 1 is 1.07 bits per heavy atom. The second kappa shape index (κ2) is 8.12. The summed E-state index contributed by atoms with van der Waals surface area (Å²) >= 11 is 1.61. The van der Waals surface area contributed by atoms with Gasteiger partial charge in [0, 0.05) is 11.1 Å². The van der Waals surface area contributed by atoms with Gasteiger partial charge in [0.15, 0.2) is 0 Å². The first-order valence-electron chi connectivity index (χ1n) is 9.70. The van der Waals surface area contributed by atoms with Gasteiger partial charge in [-0.3, -0.25) is 4.79 Å². The predicted molar refractivity (Wildman–Crippen MR) is 114 cm³/mol. The molecule has 1 aliphatic rings. The lowest BCUT2D eigenvalue weighted by Gasteiger charge is -2.39. The van der Waals surface area contributed by atoms with Crippen molar-refractivity contribution < 1.29 is 14.1 Å². The average Bonchev–Trinajstić information content (AvgIpc) is 3.44. The molecule has 0 unspecified atom stereocenters. The molecule has 6 nitrogen and oxygen atoms in total. The van der Waals surface area contributed by atoms with Crippen LogP contribution in [0.1, 0.15) is 5.56 Å². The zero-order valence-corrected chi connectivity index (χ0v) is 16.9. The number of carbonyl (C=O) groups is 1. The van der Waals surface area contributed by atoms with Gasteiger partial charge in [-0.1, -0.05) is 35.5 Å². The molecule has 1 saturated heterocycles. The summed E-state index contributed by atoms with van der Waals surface area (Å²) in [5.41, 5.74) is 2.81. The van der Waals surface area contributed by atoms with Gasteiger partial charge in [0.05, 0.1) is 19.5 Å². The fourth-order valence-electron chi connectivity index (χ4n) is 3.31. The molecule has 0 bridgehead atoms. The highest BCUT2D eigenvalue weighted by Crippen LogP contribution is 2.25. The Balaban J connectivity index is 1.16. The van der Waals surface area contributed by atoms with Crippen molar-refractivity contribution in [2.75, 3.05) is 13.1 Å². The normalized spacial score (nSPS) is 13.8. The number of ether oxygens (including phenoxy) is 1. The van der Waals surface area contributed by atoms with Crippen molar-refractivity contribution in [2.45, 2.75) is 12.5 Å². The second-order valence-electron chi connectivity index (χ2n) is 7.16. The van der Waals surface area contributed by atoms with Gasteiger partial charge >= 0.3 is 0 Å². The minimum Gasteiger partial charge on any atom is -0.487 e. The van der Waals surface area contributed by atoms with Crippen molar-refractivity contribution in [1.82, 2.24) is 15.0 Å². The largest absolute Gasteiger partial charge is 0.487 e. The molecule has 0 N–H and O–H groups in total. The molecule has 1 fully saturated rings. The lowest BCUT2D eigenvalue weighted by molar-refractivity contribution is -0.139. The minimum atomic E-state index is 0.0235. The number of hydrogen-bond acceptors (Lipinski definition) is 6. The van der Waals surface area contributed by atoms with E-state index in [9.17, 15) is 4.79 Å². The highest BCUT2D eigenvalue weighted by atomic mass is 32.1. The van der Waals surface area contributed by atoms with Crippen LogP contribution in [0.15, 0.2) is 75.9 Å². The number of aromatic nitrogens is 2. The highest BCUT2D eigenvalue weighted by Gasteiger charge is 2.32. The van der Waals surface area contributed by atoms with Gasteiger partial charge in [-0.2, -0.15) is 16.3 Å². The van der Waals surface area contributed by atoms with E-state index in [4.69, 9.17) is 9.26 Å². The number of rotatable bonds is 6. The molecular formula is C23H19N3O3S. The molecule has 3 heterocycles. The van der Waals surface area contributed by atoms with Crippen molar-refractivity contribution in [3.8, 4) is 28.6 Å². The third-order valence-electron chi connectivity index (χ3n) is 5.00. The maximum absolute atomic E-state index is 12.2. The van der Waals surface area contributed by atoms with Crippen LogP contribution in [0, 0.1) is 0 Å². The summed E-state index contributed by atoms with van der Waals surface area (Å²) in [5.74, 6) is 1.94. The van der Waals surface area contributed by atoms with Crippen LogP contribution in [0.4, 0.5) is 0 Å². The fraction of sp³-hybridized carbons (Fsp3) is 0.174. The highest BCUT2D eigenvalue weighted by molar-refractivity contribution is 7.08. The molecule has 7 heteroatoms. The van der Waals surface area contributed by atoms with E-state index in [1.165, 1.54) is 0 Å². The van der Waals surface area contributed by atoms with Gasteiger partial charge < -0.3 is 14.2 Å². The summed E-state index contributed by atoms with van der Waals surface area (Å²) in [6, 6.07) is 19.3. The summed E-state index contributed by atoms with van der Waals surface area (Å²) in [6.45, 7) is 1.24. The van der Waals surface area contributed by atoms with E-state index in [2.05, 4.69) is 10.1 Å². The van der Waals surface area contributed by atoms with Crippen LogP contribution in [-0.4, -0.2) is 40.1 Å². The Hall–Kier alpha value is -3.45. The molecule has 0 atom stereocenters. The second-order valence-corrected chi connectivity index (χ2v) is 7.94. The van der Waals surface area contributed by atoms with Gasteiger partial charge in [-0.25, -0.2) is 0 Å². The maximum atomic E-state index is 12.2. The molecule has 0 aliphatic carbocycles. The van der Waals surface area contributed by atoms with Crippen molar-refractivity contribution in [3.63, 3.8) is 0 Å². The summed E-state index contributed by atoms with van der Waals surface area (Å²) in [7, 11) is 0. The Labute approximate surface area is 177 Å². The molecule has 1 amide bonds. The first-order valence-corrected chi connectivity index (χ1v) is 10.6. The maximum Gasteiger partial charge on any atom is 0.258 e. The summed E-state index contributed by atoms with van der Waals surface area (Å²) in [4.78, 5) is 18.5. The van der Waals surface area contributed by atoms with Crippen LogP contribution in [0.25, 0.3) is 22.8 Å². The Morgan fingerprint density at radius 3 is 2.60 bits per heavy atom. The average molecular weight is 417 g/mol. The molecular weight excluding hydrogens is 398 g/mol. The molecule has 4 aromatic rings. The Morgan fingerprint density at radius 2 is 1.87 bits per heavy atom. The molecule has 2 aromatic carbocycles. The number of amides is 1. The SMILES string of the molecule is O=C(Cc1ccsc1)N1CC(Oc2ccc(-c3nc(-c4ccccc4)no3)cc2)C1. The molecule has 0 saturated carbocycles. The van der Waals surface area contributed by atoms with Crippen molar-refractivity contribution in [2.24, 2.45) is 0 Å². The van der Waals surface area contributed by atoms with E-state index in [-0.39, 0.29) is 12.0 Å².